The number of nitrogens with zero attached hydrogens (tertiary/aromatic N) is 2. The molecule has 154 valence electrons. The third-order valence-electron chi connectivity index (χ3n) is 4.38. The summed E-state index contributed by atoms with van der Waals surface area (Å²) in [5, 5.41) is 0. The molecule has 0 bridgehead atoms. The molecule has 0 aliphatic carbocycles. The van der Waals surface area contributed by atoms with Gasteiger partial charge >= 0.3 is 0 Å². The first-order valence-corrected chi connectivity index (χ1v) is 11.3. The molecule has 8 nitrogen and oxygen atoms in total. The second-order valence-electron chi connectivity index (χ2n) is 6.35. The number of aromatic nitrogens is 1. The molecule has 0 unspecified atom stereocenters. The zero-order valence-corrected chi connectivity index (χ0v) is 17.5. The highest BCUT2D eigenvalue weighted by Gasteiger charge is 2.36. The number of benzene rings is 1. The zero-order valence-electron chi connectivity index (χ0n) is 15.9. The van der Waals surface area contributed by atoms with Gasteiger partial charge in [-0.15, -0.1) is 11.3 Å². The molecule has 0 radical (unpaired) electrons. The number of carbonyl (C=O) groups is 2. The molecule has 10 heteroatoms. The average Bonchev–Trinajstić information content (AvgIpc) is 3.30. The van der Waals surface area contributed by atoms with Gasteiger partial charge in [-0.2, -0.15) is 0 Å². The first-order chi connectivity index (χ1) is 14.4. The van der Waals surface area contributed by atoms with Crippen LogP contribution in [0.25, 0.3) is 0 Å². The fraction of sp³-hybridized carbons (Fsp3) is 0.150. The molecule has 2 aromatic heterocycles. The highest BCUT2D eigenvalue weighted by Crippen LogP contribution is 2.31. The first-order valence-electron chi connectivity index (χ1n) is 9.05. The molecule has 30 heavy (non-hydrogen) atoms. The lowest BCUT2D eigenvalue weighted by Crippen LogP contribution is -2.28. The lowest BCUT2D eigenvalue weighted by molar-refractivity contribution is 0.0642. The number of nitrogens with one attached hydrogen (secondary N) is 1. The lowest BCUT2D eigenvalue weighted by Gasteiger charge is -2.12. The minimum Gasteiger partial charge on any atom is -0.492 e. The highest BCUT2D eigenvalue weighted by molar-refractivity contribution is 7.94. The summed E-state index contributed by atoms with van der Waals surface area (Å²) >= 11 is 0.990. The van der Waals surface area contributed by atoms with Crippen LogP contribution in [0.4, 0.5) is 5.69 Å². The number of pyridine rings is 1. The Morgan fingerprint density at radius 2 is 1.87 bits per heavy atom. The molecule has 1 aromatic carbocycles. The van der Waals surface area contributed by atoms with Gasteiger partial charge < -0.3 is 4.74 Å². The molecule has 3 aromatic rings. The monoisotopic (exact) mass is 443 g/mol. The Hall–Kier alpha value is -3.24. The van der Waals surface area contributed by atoms with E-state index in [0.717, 1.165) is 16.2 Å². The number of sulfonamides is 1. The lowest BCUT2D eigenvalue weighted by atomic mass is 10.2. The van der Waals surface area contributed by atoms with E-state index in [1.54, 1.807) is 42.5 Å². The van der Waals surface area contributed by atoms with Crippen molar-refractivity contribution in [2.24, 2.45) is 0 Å². The van der Waals surface area contributed by atoms with E-state index in [1.807, 2.05) is 6.92 Å². The van der Waals surface area contributed by atoms with Gasteiger partial charge in [0.25, 0.3) is 21.8 Å². The molecule has 3 heterocycles. The van der Waals surface area contributed by atoms with Crippen molar-refractivity contribution in [1.82, 2.24) is 9.88 Å². The Morgan fingerprint density at radius 1 is 1.07 bits per heavy atom. The number of fused-ring (bicyclic) bond motifs is 1. The van der Waals surface area contributed by atoms with E-state index in [2.05, 4.69) is 9.71 Å². The fourth-order valence-electron chi connectivity index (χ4n) is 3.03. The molecule has 4 rings (SSSR count). The van der Waals surface area contributed by atoms with Crippen LogP contribution in [0.2, 0.25) is 0 Å². The molecular weight excluding hydrogens is 426 g/mol. The summed E-state index contributed by atoms with van der Waals surface area (Å²) in [5.74, 6) is -0.499. The molecule has 0 atom stereocenters. The van der Waals surface area contributed by atoms with Gasteiger partial charge in [-0.1, -0.05) is 12.1 Å². The van der Waals surface area contributed by atoms with Crippen LogP contribution in [0.5, 0.6) is 5.75 Å². The van der Waals surface area contributed by atoms with Crippen molar-refractivity contribution in [3.8, 4) is 5.75 Å². The van der Waals surface area contributed by atoms with Crippen molar-refractivity contribution in [3.63, 3.8) is 0 Å². The van der Waals surface area contributed by atoms with E-state index in [4.69, 9.17) is 4.74 Å². The van der Waals surface area contributed by atoms with Crippen molar-refractivity contribution >= 4 is 38.9 Å². The summed E-state index contributed by atoms with van der Waals surface area (Å²) in [4.78, 5) is 30.5. The Morgan fingerprint density at radius 3 is 2.63 bits per heavy atom. The summed E-state index contributed by atoms with van der Waals surface area (Å²) in [6.07, 6.45) is 1.45. The molecule has 0 saturated heterocycles. The molecular formula is C20H17N3O5S2. The first kappa shape index (κ1) is 20.0. The van der Waals surface area contributed by atoms with Crippen LogP contribution >= 0.6 is 11.3 Å². The van der Waals surface area contributed by atoms with Crippen molar-refractivity contribution in [2.45, 2.75) is 17.7 Å². The van der Waals surface area contributed by atoms with Crippen LogP contribution in [0.1, 0.15) is 32.6 Å². The Kier molecular flexibility index (Phi) is 5.27. The molecule has 0 spiro atoms. The van der Waals surface area contributed by atoms with Crippen molar-refractivity contribution in [2.75, 3.05) is 11.3 Å². The van der Waals surface area contributed by atoms with E-state index in [9.17, 15) is 18.0 Å². The number of hydrogen-bond donors (Lipinski definition) is 1. The number of anilines is 1. The largest absolute Gasteiger partial charge is 0.492 e. The van der Waals surface area contributed by atoms with Gasteiger partial charge in [0.2, 0.25) is 0 Å². The minimum absolute atomic E-state index is 0.0241. The van der Waals surface area contributed by atoms with Crippen molar-refractivity contribution in [1.29, 1.82) is 0 Å². The zero-order chi connectivity index (χ0) is 21.3. The van der Waals surface area contributed by atoms with Crippen LogP contribution in [0.15, 0.2) is 58.9 Å². The van der Waals surface area contributed by atoms with Crippen molar-refractivity contribution in [3.05, 3.63) is 70.9 Å². The van der Waals surface area contributed by atoms with Crippen LogP contribution in [-0.2, 0) is 16.6 Å². The van der Waals surface area contributed by atoms with E-state index in [-0.39, 0.29) is 22.0 Å². The third-order valence-corrected chi connectivity index (χ3v) is 7.31. The number of thiophene rings is 1. The summed E-state index contributed by atoms with van der Waals surface area (Å²) in [5.41, 5.74) is 0.697. The van der Waals surface area contributed by atoms with Crippen LogP contribution in [0, 0.1) is 0 Å². The summed E-state index contributed by atoms with van der Waals surface area (Å²) in [6, 6.07) is 12.9. The number of amides is 2. The smallest absolute Gasteiger partial charge is 0.280 e. The van der Waals surface area contributed by atoms with E-state index < -0.39 is 21.8 Å². The second kappa shape index (κ2) is 7.88. The predicted octanol–water partition coefficient (Wildman–Crippen LogP) is 3.14. The van der Waals surface area contributed by atoms with Gasteiger partial charge in [0.05, 0.1) is 24.4 Å². The summed E-state index contributed by atoms with van der Waals surface area (Å²) < 4.78 is 33.7. The second-order valence-corrected chi connectivity index (χ2v) is 9.43. The van der Waals surface area contributed by atoms with Crippen LogP contribution in [-0.4, -0.2) is 36.7 Å². The molecule has 1 aliphatic heterocycles. The number of para-hydroxylation sites is 2. The van der Waals surface area contributed by atoms with Gasteiger partial charge in [0.15, 0.2) is 0 Å². The summed E-state index contributed by atoms with van der Waals surface area (Å²) in [7, 11) is -3.86. The Bertz CT molecular complexity index is 1200. The molecule has 1 aliphatic rings. The van der Waals surface area contributed by atoms with Gasteiger partial charge in [0.1, 0.15) is 15.7 Å². The molecule has 1 N–H and O–H groups in total. The van der Waals surface area contributed by atoms with Gasteiger partial charge in [-0.25, -0.2) is 8.42 Å². The number of ether oxygens (including phenoxy) is 1. The highest BCUT2D eigenvalue weighted by atomic mass is 32.2. The van der Waals surface area contributed by atoms with E-state index >= 15 is 0 Å². The molecule has 2 amide bonds. The van der Waals surface area contributed by atoms with E-state index in [0.29, 0.717) is 22.9 Å². The average molecular weight is 444 g/mol. The molecule has 0 saturated carbocycles. The normalized spacial score (nSPS) is 13.4. The summed E-state index contributed by atoms with van der Waals surface area (Å²) in [6.45, 7) is 2.19. The van der Waals surface area contributed by atoms with Crippen molar-refractivity contribution < 1.29 is 22.7 Å². The third kappa shape index (κ3) is 3.66. The number of imide groups is 1. The maximum atomic E-state index is 12.8. The Balaban J connectivity index is 1.53. The predicted molar refractivity (Wildman–Crippen MR) is 111 cm³/mol. The number of rotatable bonds is 7. The SMILES string of the molecule is CCOc1ccccc1NS(=O)(=O)c1ccc(CN2C(=O)c3cccnc3C2=O)s1. The van der Waals surface area contributed by atoms with Gasteiger partial charge in [-0.3, -0.25) is 24.2 Å². The topological polar surface area (TPSA) is 106 Å². The molecule has 0 fully saturated rings. The van der Waals surface area contributed by atoms with Crippen LogP contribution in [0.3, 0.4) is 0 Å². The maximum Gasteiger partial charge on any atom is 0.280 e. The van der Waals surface area contributed by atoms with Gasteiger partial charge in [0, 0.05) is 11.1 Å². The fourth-order valence-corrected chi connectivity index (χ4v) is 5.44. The quantitative estimate of drug-likeness (QED) is 0.563. The minimum atomic E-state index is -3.86. The number of hydrogen-bond acceptors (Lipinski definition) is 7. The Labute approximate surface area is 177 Å². The maximum absolute atomic E-state index is 12.8. The number of carbonyl (C=O) groups excluding carboxylic acids is 2. The van der Waals surface area contributed by atoms with E-state index in [1.165, 1.54) is 12.3 Å². The van der Waals surface area contributed by atoms with Gasteiger partial charge in [-0.05, 0) is 43.3 Å². The van der Waals surface area contributed by atoms with Crippen LogP contribution < -0.4 is 9.46 Å². The standard InChI is InChI=1S/C20H17N3O5S2/c1-2-28-16-8-4-3-7-15(16)22-30(26,27)17-10-9-13(29-17)12-23-19(24)14-6-5-11-21-18(14)20(23)25/h3-11,22H,2,12H2,1H3.